The standard InChI is InChI=1S/C22H27N/c1-3-4-5-6-7-18(2)16-19-8-12-21(13-9-19)22-14-10-20(17-23)11-15-22/h8-15,18H,3-7,16H2,1-2H3/t18-/m0/s1. The van der Waals surface area contributed by atoms with Crippen molar-refractivity contribution in [1.82, 2.24) is 0 Å². The second-order valence-electron chi connectivity index (χ2n) is 6.54. The van der Waals surface area contributed by atoms with E-state index in [1.807, 2.05) is 24.3 Å². The predicted octanol–water partition coefficient (Wildman–Crippen LogP) is 6.37. The minimum Gasteiger partial charge on any atom is -0.192 e. The average Bonchev–Trinajstić information content (AvgIpc) is 2.59. The molecule has 1 atom stereocenters. The Morgan fingerprint density at radius 1 is 0.870 bits per heavy atom. The number of benzene rings is 2. The molecule has 1 heteroatoms. The molecule has 0 aliphatic rings. The molecule has 2 rings (SSSR count). The average molecular weight is 305 g/mol. The quantitative estimate of drug-likeness (QED) is 0.519. The molecular formula is C22H27N. The lowest BCUT2D eigenvalue weighted by Crippen LogP contribution is -1.99. The predicted molar refractivity (Wildman–Crippen MR) is 98.2 cm³/mol. The number of hydrogen-bond donors (Lipinski definition) is 0. The van der Waals surface area contributed by atoms with Crippen molar-refractivity contribution in [1.29, 1.82) is 5.26 Å². The fourth-order valence-electron chi connectivity index (χ4n) is 2.99. The Bertz CT molecular complexity index is 617. The molecule has 120 valence electrons. The molecule has 2 aromatic rings. The Hall–Kier alpha value is -2.07. The third kappa shape index (κ3) is 5.57. The molecule has 0 saturated carbocycles. The third-order valence-electron chi connectivity index (χ3n) is 4.44. The lowest BCUT2D eigenvalue weighted by atomic mass is 9.94. The number of hydrogen-bond acceptors (Lipinski definition) is 1. The van der Waals surface area contributed by atoms with E-state index < -0.39 is 0 Å². The molecule has 2 aromatic carbocycles. The van der Waals surface area contributed by atoms with Crippen LogP contribution in [0.4, 0.5) is 0 Å². The number of nitriles is 1. The first kappa shape index (κ1) is 17.3. The van der Waals surface area contributed by atoms with Crippen LogP contribution in [0.5, 0.6) is 0 Å². The van der Waals surface area contributed by atoms with E-state index in [-0.39, 0.29) is 0 Å². The zero-order valence-electron chi connectivity index (χ0n) is 14.4. The molecule has 0 radical (unpaired) electrons. The van der Waals surface area contributed by atoms with Gasteiger partial charge in [-0.15, -0.1) is 0 Å². The molecule has 0 unspecified atom stereocenters. The fraction of sp³-hybridized carbons (Fsp3) is 0.409. The lowest BCUT2D eigenvalue weighted by Gasteiger charge is -2.12. The van der Waals surface area contributed by atoms with Gasteiger partial charge in [0.05, 0.1) is 11.6 Å². The van der Waals surface area contributed by atoms with Crippen LogP contribution in [-0.2, 0) is 6.42 Å². The monoisotopic (exact) mass is 305 g/mol. The van der Waals surface area contributed by atoms with Gasteiger partial charge in [-0.25, -0.2) is 0 Å². The van der Waals surface area contributed by atoms with Gasteiger partial charge in [-0.2, -0.15) is 5.26 Å². The largest absolute Gasteiger partial charge is 0.192 e. The van der Waals surface area contributed by atoms with Crippen LogP contribution < -0.4 is 0 Å². The van der Waals surface area contributed by atoms with Crippen molar-refractivity contribution in [2.24, 2.45) is 5.92 Å². The summed E-state index contributed by atoms with van der Waals surface area (Å²) in [7, 11) is 0. The zero-order valence-corrected chi connectivity index (χ0v) is 14.4. The van der Waals surface area contributed by atoms with Crippen molar-refractivity contribution in [3.63, 3.8) is 0 Å². The van der Waals surface area contributed by atoms with Crippen LogP contribution in [0.2, 0.25) is 0 Å². The summed E-state index contributed by atoms with van der Waals surface area (Å²) in [5.41, 5.74) is 4.52. The SMILES string of the molecule is CCCCCC[C@H](C)Cc1ccc(-c2ccc(C#N)cc2)cc1. The maximum absolute atomic E-state index is 8.86. The summed E-state index contributed by atoms with van der Waals surface area (Å²) in [6, 6.07) is 18.8. The van der Waals surface area contributed by atoms with Crippen LogP contribution in [-0.4, -0.2) is 0 Å². The third-order valence-corrected chi connectivity index (χ3v) is 4.44. The number of nitrogens with zero attached hydrogens (tertiary/aromatic N) is 1. The molecule has 0 heterocycles. The molecule has 0 N–H and O–H groups in total. The second kappa shape index (κ2) is 9.16. The molecule has 0 amide bonds. The van der Waals surface area contributed by atoms with Gasteiger partial charge >= 0.3 is 0 Å². The second-order valence-corrected chi connectivity index (χ2v) is 6.54. The fourth-order valence-corrected chi connectivity index (χ4v) is 2.99. The highest BCUT2D eigenvalue weighted by molar-refractivity contribution is 5.64. The summed E-state index contributed by atoms with van der Waals surface area (Å²) in [4.78, 5) is 0. The summed E-state index contributed by atoms with van der Waals surface area (Å²) in [5, 5.41) is 8.86. The summed E-state index contributed by atoms with van der Waals surface area (Å²) in [5.74, 6) is 0.757. The zero-order chi connectivity index (χ0) is 16.5. The van der Waals surface area contributed by atoms with E-state index in [1.54, 1.807) is 0 Å². The van der Waals surface area contributed by atoms with Gasteiger partial charge in [-0.1, -0.05) is 82.3 Å². The van der Waals surface area contributed by atoms with Gasteiger partial charge in [0.25, 0.3) is 0 Å². The maximum Gasteiger partial charge on any atom is 0.0991 e. The van der Waals surface area contributed by atoms with Crippen LogP contribution in [0.1, 0.15) is 57.1 Å². The smallest absolute Gasteiger partial charge is 0.0991 e. The maximum atomic E-state index is 8.86. The van der Waals surface area contributed by atoms with Crippen molar-refractivity contribution in [2.75, 3.05) is 0 Å². The van der Waals surface area contributed by atoms with E-state index in [4.69, 9.17) is 5.26 Å². The molecule has 0 aliphatic heterocycles. The van der Waals surface area contributed by atoms with Gasteiger partial charge in [-0.05, 0) is 41.2 Å². The molecular weight excluding hydrogens is 278 g/mol. The van der Waals surface area contributed by atoms with E-state index in [1.165, 1.54) is 55.2 Å². The highest BCUT2D eigenvalue weighted by Gasteiger charge is 2.05. The Kier molecular flexibility index (Phi) is 6.88. The van der Waals surface area contributed by atoms with Gasteiger partial charge in [0, 0.05) is 0 Å². The van der Waals surface area contributed by atoms with E-state index in [0.717, 1.165) is 5.92 Å². The normalized spacial score (nSPS) is 11.9. The first-order valence-corrected chi connectivity index (χ1v) is 8.82. The van der Waals surface area contributed by atoms with Gasteiger partial charge in [0.2, 0.25) is 0 Å². The summed E-state index contributed by atoms with van der Waals surface area (Å²) in [6.45, 7) is 4.62. The van der Waals surface area contributed by atoms with Crippen LogP contribution in [0.25, 0.3) is 11.1 Å². The van der Waals surface area contributed by atoms with Gasteiger partial charge in [-0.3, -0.25) is 0 Å². The summed E-state index contributed by atoms with van der Waals surface area (Å²) < 4.78 is 0. The molecule has 23 heavy (non-hydrogen) atoms. The van der Waals surface area contributed by atoms with Crippen molar-refractivity contribution < 1.29 is 0 Å². The minimum atomic E-state index is 0.710. The Morgan fingerprint density at radius 3 is 2.04 bits per heavy atom. The van der Waals surface area contributed by atoms with Crippen LogP contribution in [0, 0.1) is 17.2 Å². The summed E-state index contributed by atoms with van der Waals surface area (Å²) >= 11 is 0. The van der Waals surface area contributed by atoms with Gasteiger partial charge in [0.1, 0.15) is 0 Å². The topological polar surface area (TPSA) is 23.8 Å². The molecule has 0 aromatic heterocycles. The molecule has 0 saturated heterocycles. The van der Waals surface area contributed by atoms with Gasteiger partial charge < -0.3 is 0 Å². The van der Waals surface area contributed by atoms with E-state index >= 15 is 0 Å². The van der Waals surface area contributed by atoms with Crippen LogP contribution in [0.3, 0.4) is 0 Å². The molecule has 0 fully saturated rings. The van der Waals surface area contributed by atoms with Crippen LogP contribution >= 0.6 is 0 Å². The minimum absolute atomic E-state index is 0.710. The first-order valence-electron chi connectivity index (χ1n) is 8.82. The summed E-state index contributed by atoms with van der Waals surface area (Å²) in [6.07, 6.45) is 7.91. The van der Waals surface area contributed by atoms with Crippen LogP contribution in [0.15, 0.2) is 48.5 Å². The number of rotatable bonds is 8. The van der Waals surface area contributed by atoms with Crippen molar-refractivity contribution >= 4 is 0 Å². The lowest BCUT2D eigenvalue weighted by molar-refractivity contribution is 0.487. The highest BCUT2D eigenvalue weighted by Crippen LogP contribution is 2.22. The van der Waals surface area contributed by atoms with Gasteiger partial charge in [0.15, 0.2) is 0 Å². The van der Waals surface area contributed by atoms with Crippen molar-refractivity contribution in [3.8, 4) is 17.2 Å². The molecule has 0 aliphatic carbocycles. The number of unbranched alkanes of at least 4 members (excludes halogenated alkanes) is 3. The van der Waals surface area contributed by atoms with E-state index in [0.29, 0.717) is 5.56 Å². The molecule has 0 bridgehead atoms. The van der Waals surface area contributed by atoms with E-state index in [9.17, 15) is 0 Å². The molecule has 1 nitrogen and oxygen atoms in total. The Balaban J connectivity index is 1.90. The Labute approximate surface area is 141 Å². The molecule has 0 spiro atoms. The van der Waals surface area contributed by atoms with Crippen molar-refractivity contribution in [2.45, 2.75) is 52.4 Å². The Morgan fingerprint density at radius 2 is 1.48 bits per heavy atom. The highest BCUT2D eigenvalue weighted by atomic mass is 14.2. The first-order chi connectivity index (χ1) is 11.2. The van der Waals surface area contributed by atoms with E-state index in [2.05, 4.69) is 44.2 Å². The van der Waals surface area contributed by atoms with Crippen molar-refractivity contribution in [3.05, 3.63) is 59.7 Å².